The molecule has 0 aliphatic heterocycles. The minimum absolute atomic E-state index is 0. The summed E-state index contributed by atoms with van der Waals surface area (Å²) in [5, 5.41) is 0. The molecule has 2 rings (SSSR count). The third kappa shape index (κ3) is 4.71. The molecule has 1 saturated carbocycles. The van der Waals surface area contributed by atoms with Gasteiger partial charge in [0.1, 0.15) is 0 Å². The van der Waals surface area contributed by atoms with Crippen molar-refractivity contribution >= 4 is 34.2 Å². The number of hydrogen-bond acceptors (Lipinski definition) is 2. The van der Waals surface area contributed by atoms with Crippen LogP contribution in [0.2, 0.25) is 0 Å². The second-order valence-corrected chi connectivity index (χ2v) is 7.63. The fraction of sp³-hybridized carbons (Fsp3) is 0.588. The molecule has 0 saturated heterocycles. The molecule has 22 heavy (non-hydrogen) atoms. The molecule has 0 bridgehead atoms. The second kappa shape index (κ2) is 7.80. The smallest absolute Gasteiger partial charge is 0.239 e. The van der Waals surface area contributed by atoms with Gasteiger partial charge in [0, 0.05) is 23.5 Å². The summed E-state index contributed by atoms with van der Waals surface area (Å²) < 4.78 is 1.09. The van der Waals surface area contributed by atoms with Crippen LogP contribution in [0.15, 0.2) is 28.7 Å². The highest BCUT2D eigenvalue weighted by atomic mass is 79.9. The third-order valence-electron chi connectivity index (χ3n) is 4.27. The van der Waals surface area contributed by atoms with Crippen molar-refractivity contribution in [3.8, 4) is 0 Å². The van der Waals surface area contributed by atoms with Crippen molar-refractivity contribution in [2.75, 3.05) is 13.6 Å². The van der Waals surface area contributed by atoms with E-state index in [1.807, 2.05) is 11.9 Å². The number of amides is 1. The lowest BCUT2D eigenvalue weighted by Crippen LogP contribution is -2.45. The van der Waals surface area contributed by atoms with Crippen molar-refractivity contribution in [3.05, 3.63) is 34.3 Å². The highest BCUT2D eigenvalue weighted by molar-refractivity contribution is 9.10. The van der Waals surface area contributed by atoms with Crippen LogP contribution in [0.25, 0.3) is 0 Å². The van der Waals surface area contributed by atoms with E-state index in [2.05, 4.69) is 54.0 Å². The molecule has 0 heterocycles. The Labute approximate surface area is 148 Å². The molecule has 1 amide bonds. The van der Waals surface area contributed by atoms with Crippen LogP contribution in [-0.4, -0.2) is 30.4 Å². The van der Waals surface area contributed by atoms with Gasteiger partial charge in [-0.1, -0.05) is 41.9 Å². The van der Waals surface area contributed by atoms with Gasteiger partial charge in [0.05, 0.1) is 6.04 Å². The number of carbonyl (C=O) groups excluding carboxylic acids is 1. The average molecular weight is 390 g/mol. The van der Waals surface area contributed by atoms with Crippen LogP contribution in [0.5, 0.6) is 0 Å². The largest absolute Gasteiger partial charge is 0.344 e. The molecule has 0 aromatic heterocycles. The second-order valence-electron chi connectivity index (χ2n) is 6.72. The lowest BCUT2D eigenvalue weighted by atomic mass is 9.95. The summed E-state index contributed by atoms with van der Waals surface area (Å²) in [6.07, 6.45) is 3.03. The Bertz CT molecular complexity index is 500. The molecule has 0 unspecified atom stereocenters. The van der Waals surface area contributed by atoms with Gasteiger partial charge in [-0.2, -0.15) is 0 Å². The monoisotopic (exact) mass is 388 g/mol. The van der Waals surface area contributed by atoms with Crippen LogP contribution >= 0.6 is 28.3 Å². The Morgan fingerprint density at radius 2 is 1.86 bits per heavy atom. The zero-order valence-corrected chi connectivity index (χ0v) is 15.9. The fourth-order valence-electron chi connectivity index (χ4n) is 2.92. The summed E-state index contributed by atoms with van der Waals surface area (Å²) in [4.78, 5) is 14.2. The first-order valence-corrected chi connectivity index (χ1v) is 8.40. The maximum atomic E-state index is 12.4. The molecule has 3 nitrogen and oxygen atoms in total. The van der Waals surface area contributed by atoms with Gasteiger partial charge in [0.25, 0.3) is 0 Å². The lowest BCUT2D eigenvalue weighted by molar-refractivity contribution is -0.132. The highest BCUT2D eigenvalue weighted by Gasteiger charge is 2.45. The molecule has 0 radical (unpaired) electrons. The molecule has 1 aliphatic carbocycles. The highest BCUT2D eigenvalue weighted by Crippen LogP contribution is 2.48. The first-order chi connectivity index (χ1) is 9.84. The standard InChI is InChI=1S/C17H25BrN2O.ClH/c1-12(2)10-15(19)16(21)20(3)11-17(8-9-17)13-4-6-14(18)7-5-13;/h4-7,12,15H,8-11,19H2,1-3H3;1H/t15-;/m0./s1. The van der Waals surface area contributed by atoms with E-state index in [0.29, 0.717) is 5.92 Å². The topological polar surface area (TPSA) is 46.3 Å². The first kappa shape index (κ1) is 19.5. The van der Waals surface area contributed by atoms with Crippen LogP contribution in [0, 0.1) is 5.92 Å². The van der Waals surface area contributed by atoms with Crippen LogP contribution in [0.3, 0.4) is 0 Å². The zero-order valence-electron chi connectivity index (χ0n) is 13.5. The number of nitrogens with two attached hydrogens (primary N) is 1. The predicted molar refractivity (Wildman–Crippen MR) is 97.4 cm³/mol. The molecule has 0 spiro atoms. The van der Waals surface area contributed by atoms with Gasteiger partial charge >= 0.3 is 0 Å². The maximum absolute atomic E-state index is 12.4. The summed E-state index contributed by atoms with van der Waals surface area (Å²) in [6, 6.07) is 8.08. The molecule has 1 aromatic rings. The van der Waals surface area contributed by atoms with E-state index in [9.17, 15) is 4.79 Å². The van der Waals surface area contributed by atoms with Crippen LogP contribution < -0.4 is 5.73 Å². The number of likely N-dealkylation sites (N-methyl/N-ethyl adjacent to an activating group) is 1. The average Bonchev–Trinajstić information content (AvgIpc) is 3.18. The van der Waals surface area contributed by atoms with Crippen LogP contribution in [0.4, 0.5) is 0 Å². The summed E-state index contributed by atoms with van der Waals surface area (Å²) in [5.74, 6) is 0.505. The van der Waals surface area contributed by atoms with Crippen LogP contribution in [-0.2, 0) is 10.2 Å². The molecule has 1 aliphatic rings. The normalized spacial score (nSPS) is 16.8. The number of hydrogen-bond donors (Lipinski definition) is 1. The van der Waals surface area contributed by atoms with E-state index in [1.54, 1.807) is 0 Å². The van der Waals surface area contributed by atoms with E-state index in [1.165, 1.54) is 5.56 Å². The van der Waals surface area contributed by atoms with Gasteiger partial charge in [0.15, 0.2) is 0 Å². The van der Waals surface area contributed by atoms with Gasteiger partial charge in [-0.3, -0.25) is 4.79 Å². The fourth-order valence-corrected chi connectivity index (χ4v) is 3.18. The molecule has 2 N–H and O–H groups in total. The third-order valence-corrected chi connectivity index (χ3v) is 4.80. The Morgan fingerprint density at radius 3 is 2.32 bits per heavy atom. The minimum atomic E-state index is -0.379. The maximum Gasteiger partial charge on any atom is 0.239 e. The van der Waals surface area contributed by atoms with Gasteiger partial charge in [-0.25, -0.2) is 0 Å². The lowest BCUT2D eigenvalue weighted by Gasteiger charge is -2.27. The zero-order chi connectivity index (χ0) is 15.6. The number of nitrogens with zero attached hydrogens (tertiary/aromatic N) is 1. The first-order valence-electron chi connectivity index (χ1n) is 7.61. The van der Waals surface area contributed by atoms with Gasteiger partial charge < -0.3 is 10.6 Å². The number of carbonyl (C=O) groups is 1. The molecular formula is C17H26BrClN2O. The SMILES string of the molecule is CC(C)C[C@H](N)C(=O)N(C)CC1(c2ccc(Br)cc2)CC1.Cl. The Balaban J connectivity index is 0.00000242. The summed E-state index contributed by atoms with van der Waals surface area (Å²) in [5.41, 5.74) is 7.48. The van der Waals surface area contributed by atoms with E-state index in [-0.39, 0.29) is 29.8 Å². The minimum Gasteiger partial charge on any atom is -0.344 e. The van der Waals surface area contributed by atoms with Crippen molar-refractivity contribution in [2.24, 2.45) is 11.7 Å². The molecule has 1 atom stereocenters. The van der Waals surface area contributed by atoms with Gasteiger partial charge in [0.2, 0.25) is 5.91 Å². The van der Waals surface area contributed by atoms with Crippen molar-refractivity contribution in [1.29, 1.82) is 0 Å². The molecule has 124 valence electrons. The van der Waals surface area contributed by atoms with Crippen molar-refractivity contribution in [2.45, 2.75) is 44.6 Å². The number of benzene rings is 1. The van der Waals surface area contributed by atoms with E-state index in [4.69, 9.17) is 5.73 Å². The van der Waals surface area contributed by atoms with Crippen molar-refractivity contribution < 1.29 is 4.79 Å². The molecule has 5 heteroatoms. The van der Waals surface area contributed by atoms with E-state index < -0.39 is 0 Å². The molecule has 1 fully saturated rings. The molecular weight excluding hydrogens is 364 g/mol. The summed E-state index contributed by atoms with van der Waals surface area (Å²) >= 11 is 3.47. The quantitative estimate of drug-likeness (QED) is 0.805. The van der Waals surface area contributed by atoms with Gasteiger partial charge in [-0.15, -0.1) is 12.4 Å². The summed E-state index contributed by atoms with van der Waals surface area (Å²) in [7, 11) is 1.88. The Morgan fingerprint density at radius 1 is 1.32 bits per heavy atom. The van der Waals surface area contributed by atoms with Gasteiger partial charge in [-0.05, 0) is 42.9 Å². The Hall–Kier alpha value is -0.580. The van der Waals surface area contributed by atoms with E-state index >= 15 is 0 Å². The van der Waals surface area contributed by atoms with Crippen molar-refractivity contribution in [1.82, 2.24) is 4.90 Å². The van der Waals surface area contributed by atoms with Crippen molar-refractivity contribution in [3.63, 3.8) is 0 Å². The van der Waals surface area contributed by atoms with E-state index in [0.717, 1.165) is 30.3 Å². The number of halogens is 2. The predicted octanol–water partition coefficient (Wildman–Crippen LogP) is 3.73. The molecule has 1 aromatic carbocycles. The summed E-state index contributed by atoms with van der Waals surface area (Å²) in [6.45, 7) is 4.95. The number of rotatable bonds is 6. The van der Waals surface area contributed by atoms with Crippen LogP contribution in [0.1, 0.15) is 38.7 Å². The Kier molecular flexibility index (Phi) is 6.90.